The van der Waals surface area contributed by atoms with Crippen molar-refractivity contribution in [1.82, 2.24) is 4.98 Å². The van der Waals surface area contributed by atoms with Gasteiger partial charge in [0.1, 0.15) is 17.3 Å². The molecule has 174 valence electrons. The highest BCUT2D eigenvalue weighted by molar-refractivity contribution is 6.05. The summed E-state index contributed by atoms with van der Waals surface area (Å²) in [6, 6.07) is 12.3. The molecule has 0 saturated carbocycles. The van der Waals surface area contributed by atoms with E-state index in [-0.39, 0.29) is 5.91 Å². The highest BCUT2D eigenvalue weighted by Crippen LogP contribution is 2.38. The van der Waals surface area contributed by atoms with E-state index < -0.39 is 0 Å². The normalized spacial score (nSPS) is 10.2. The first-order valence-corrected chi connectivity index (χ1v) is 10.0. The number of methoxy groups -OCH3 is 5. The number of nitrogens with one attached hydrogen (secondary N) is 2. The largest absolute Gasteiger partial charge is 0.497 e. The van der Waals surface area contributed by atoms with Gasteiger partial charge in [0.2, 0.25) is 5.75 Å². The van der Waals surface area contributed by atoms with Gasteiger partial charge in [-0.3, -0.25) is 4.79 Å². The molecule has 9 nitrogen and oxygen atoms in total. The molecule has 0 aliphatic heterocycles. The maximum absolute atomic E-state index is 12.7. The molecule has 1 amide bonds. The minimum Gasteiger partial charge on any atom is -0.497 e. The minimum atomic E-state index is -0.334. The van der Waals surface area contributed by atoms with E-state index >= 15 is 0 Å². The number of hydrogen-bond donors (Lipinski definition) is 2. The Morgan fingerprint density at radius 3 is 2.06 bits per heavy atom. The van der Waals surface area contributed by atoms with E-state index in [2.05, 4.69) is 15.6 Å². The zero-order valence-electron chi connectivity index (χ0n) is 19.2. The van der Waals surface area contributed by atoms with Crippen LogP contribution in [-0.4, -0.2) is 46.4 Å². The van der Waals surface area contributed by atoms with Crippen molar-refractivity contribution in [2.75, 3.05) is 46.2 Å². The summed E-state index contributed by atoms with van der Waals surface area (Å²) in [6.45, 7) is 0.511. The number of nitrogens with zero attached hydrogens (tertiary/aromatic N) is 1. The van der Waals surface area contributed by atoms with Crippen LogP contribution in [0.25, 0.3) is 0 Å². The number of aromatic nitrogens is 1. The molecular formula is C24H27N3O6. The molecule has 0 fully saturated rings. The molecule has 0 atom stereocenters. The Bertz CT molecular complexity index is 1080. The molecule has 1 aromatic heterocycles. The maximum Gasteiger partial charge on any atom is 0.255 e. The van der Waals surface area contributed by atoms with Gasteiger partial charge in [-0.1, -0.05) is 0 Å². The molecule has 0 saturated heterocycles. The third-order valence-corrected chi connectivity index (χ3v) is 4.90. The number of anilines is 2. The Balaban J connectivity index is 1.67. The predicted molar refractivity (Wildman–Crippen MR) is 125 cm³/mol. The Labute approximate surface area is 192 Å². The second-order valence-corrected chi connectivity index (χ2v) is 6.83. The highest BCUT2D eigenvalue weighted by Gasteiger charge is 2.17. The number of carbonyl (C=O) groups is 1. The van der Waals surface area contributed by atoms with Crippen LogP contribution < -0.4 is 34.3 Å². The van der Waals surface area contributed by atoms with Crippen LogP contribution in [0.1, 0.15) is 15.9 Å². The third-order valence-electron chi connectivity index (χ3n) is 4.90. The van der Waals surface area contributed by atoms with Gasteiger partial charge in [-0.25, -0.2) is 4.98 Å². The van der Waals surface area contributed by atoms with Gasteiger partial charge in [0.05, 0.1) is 47.4 Å². The summed E-state index contributed by atoms with van der Waals surface area (Å²) < 4.78 is 26.5. The van der Waals surface area contributed by atoms with Crippen molar-refractivity contribution >= 4 is 17.4 Å². The molecule has 0 bridgehead atoms. The van der Waals surface area contributed by atoms with E-state index in [1.54, 1.807) is 44.7 Å². The first kappa shape index (κ1) is 23.5. The topological polar surface area (TPSA) is 100 Å². The number of rotatable bonds is 10. The summed E-state index contributed by atoms with van der Waals surface area (Å²) in [7, 11) is 7.72. The van der Waals surface area contributed by atoms with E-state index in [0.29, 0.717) is 40.9 Å². The first-order chi connectivity index (χ1) is 16.0. The molecule has 0 radical (unpaired) electrons. The molecule has 9 heteroatoms. The van der Waals surface area contributed by atoms with Gasteiger partial charge >= 0.3 is 0 Å². The standard InChI is InChI=1S/C24H27N3O6/c1-29-18-8-6-15(19(12-18)30-2)13-25-22-9-7-17(14-26-22)27-24(28)16-10-20(31-3)23(33-5)21(11-16)32-4/h6-12,14H,13H2,1-5H3,(H,25,26)(H,27,28). The third kappa shape index (κ3) is 5.57. The number of ether oxygens (including phenoxy) is 5. The molecule has 3 aromatic rings. The van der Waals surface area contributed by atoms with Crippen LogP contribution in [0.3, 0.4) is 0 Å². The van der Waals surface area contributed by atoms with Crippen LogP contribution in [0, 0.1) is 0 Å². The van der Waals surface area contributed by atoms with Gasteiger partial charge in [0.25, 0.3) is 5.91 Å². The number of carbonyl (C=O) groups excluding carboxylic acids is 1. The monoisotopic (exact) mass is 453 g/mol. The van der Waals surface area contributed by atoms with Gasteiger partial charge in [0, 0.05) is 23.7 Å². The molecule has 0 spiro atoms. The number of benzene rings is 2. The van der Waals surface area contributed by atoms with Crippen molar-refractivity contribution in [3.05, 3.63) is 59.8 Å². The minimum absolute atomic E-state index is 0.334. The molecule has 1 heterocycles. The summed E-state index contributed by atoms with van der Waals surface area (Å²) in [4.78, 5) is 17.1. The molecule has 3 rings (SSSR count). The fourth-order valence-corrected chi connectivity index (χ4v) is 3.17. The molecule has 2 aromatic carbocycles. The zero-order chi connectivity index (χ0) is 23.8. The molecule has 0 unspecified atom stereocenters. The van der Waals surface area contributed by atoms with Gasteiger partial charge in [-0.15, -0.1) is 0 Å². The Morgan fingerprint density at radius 2 is 1.52 bits per heavy atom. The van der Waals surface area contributed by atoms with Crippen molar-refractivity contribution in [1.29, 1.82) is 0 Å². The van der Waals surface area contributed by atoms with Gasteiger partial charge in [0.15, 0.2) is 11.5 Å². The molecule has 0 aliphatic rings. The lowest BCUT2D eigenvalue weighted by atomic mass is 10.1. The SMILES string of the molecule is COc1ccc(CNc2ccc(NC(=O)c3cc(OC)c(OC)c(OC)c3)cn2)c(OC)c1. The molecule has 0 aliphatic carbocycles. The Kier molecular flexibility index (Phi) is 7.80. The van der Waals surface area contributed by atoms with Crippen molar-refractivity contribution in [3.63, 3.8) is 0 Å². The van der Waals surface area contributed by atoms with E-state index in [4.69, 9.17) is 23.7 Å². The average Bonchev–Trinajstić information content (AvgIpc) is 2.87. The van der Waals surface area contributed by atoms with Crippen LogP contribution in [0.4, 0.5) is 11.5 Å². The van der Waals surface area contributed by atoms with E-state index in [0.717, 1.165) is 17.1 Å². The van der Waals surface area contributed by atoms with Crippen molar-refractivity contribution in [3.8, 4) is 28.7 Å². The predicted octanol–water partition coefficient (Wildman–Crippen LogP) is 3.99. The van der Waals surface area contributed by atoms with Crippen LogP contribution >= 0.6 is 0 Å². The second-order valence-electron chi connectivity index (χ2n) is 6.83. The van der Waals surface area contributed by atoms with Crippen molar-refractivity contribution in [2.45, 2.75) is 6.54 Å². The smallest absolute Gasteiger partial charge is 0.255 e. The fraction of sp³-hybridized carbons (Fsp3) is 0.250. The summed E-state index contributed by atoms with van der Waals surface area (Å²) >= 11 is 0. The van der Waals surface area contributed by atoms with Crippen LogP contribution in [0.2, 0.25) is 0 Å². The summed E-state index contributed by atoms with van der Waals surface area (Å²) in [5.41, 5.74) is 1.86. The number of pyridine rings is 1. The number of hydrogen-bond acceptors (Lipinski definition) is 8. The van der Waals surface area contributed by atoms with Crippen LogP contribution in [-0.2, 0) is 6.54 Å². The van der Waals surface area contributed by atoms with Crippen molar-refractivity contribution < 1.29 is 28.5 Å². The second kappa shape index (κ2) is 10.9. The molecule has 33 heavy (non-hydrogen) atoms. The van der Waals surface area contributed by atoms with Crippen molar-refractivity contribution in [2.24, 2.45) is 0 Å². The molecule has 2 N–H and O–H groups in total. The summed E-state index contributed by atoms with van der Waals surface area (Å²) in [5, 5.41) is 6.05. The quantitative estimate of drug-likeness (QED) is 0.475. The lowest BCUT2D eigenvalue weighted by Crippen LogP contribution is -2.13. The Hall–Kier alpha value is -4.14. The fourth-order valence-electron chi connectivity index (χ4n) is 3.17. The maximum atomic E-state index is 12.7. The summed E-state index contributed by atoms with van der Waals surface area (Å²) in [5.74, 6) is 2.97. The summed E-state index contributed by atoms with van der Waals surface area (Å²) in [6.07, 6.45) is 1.57. The van der Waals surface area contributed by atoms with Crippen LogP contribution in [0.15, 0.2) is 48.7 Å². The number of amides is 1. The van der Waals surface area contributed by atoms with E-state index in [1.165, 1.54) is 21.3 Å². The first-order valence-electron chi connectivity index (χ1n) is 10.0. The van der Waals surface area contributed by atoms with Gasteiger partial charge in [-0.2, -0.15) is 0 Å². The highest BCUT2D eigenvalue weighted by atomic mass is 16.5. The lowest BCUT2D eigenvalue weighted by molar-refractivity contribution is 0.102. The van der Waals surface area contributed by atoms with Gasteiger partial charge < -0.3 is 34.3 Å². The van der Waals surface area contributed by atoms with Gasteiger partial charge in [-0.05, 0) is 36.4 Å². The zero-order valence-corrected chi connectivity index (χ0v) is 19.2. The molecular weight excluding hydrogens is 426 g/mol. The lowest BCUT2D eigenvalue weighted by Gasteiger charge is -2.14. The van der Waals surface area contributed by atoms with Crippen LogP contribution in [0.5, 0.6) is 28.7 Å². The average molecular weight is 453 g/mol. The Morgan fingerprint density at radius 1 is 0.818 bits per heavy atom. The van der Waals surface area contributed by atoms with E-state index in [9.17, 15) is 4.79 Å². The van der Waals surface area contributed by atoms with E-state index in [1.807, 2.05) is 18.2 Å².